The Labute approximate surface area is 191 Å². The smallest absolute Gasteiger partial charge is 0.254 e. The van der Waals surface area contributed by atoms with E-state index in [0.717, 1.165) is 19.3 Å². The van der Waals surface area contributed by atoms with Crippen LogP contribution in [0.1, 0.15) is 53.8 Å². The first-order chi connectivity index (χ1) is 13.8. The van der Waals surface area contributed by atoms with Crippen LogP contribution in [0.5, 0.6) is 0 Å². The number of hydrogen-bond donors (Lipinski definition) is 2. The Morgan fingerprint density at radius 2 is 1.07 bits per heavy atom. The normalized spacial score (nSPS) is 10.0. The molecule has 0 aliphatic rings. The Hall–Kier alpha value is -1.46. The van der Waals surface area contributed by atoms with Gasteiger partial charge in [-0.25, -0.2) is 0 Å². The summed E-state index contributed by atoms with van der Waals surface area (Å²) >= 11 is 23.5. The summed E-state index contributed by atoms with van der Waals surface area (Å²) in [5, 5.41) is 7.03. The van der Waals surface area contributed by atoms with Gasteiger partial charge in [-0.1, -0.05) is 78.8 Å². The topological polar surface area (TPSA) is 58.2 Å². The molecule has 0 unspecified atom stereocenters. The van der Waals surface area contributed by atoms with Crippen LogP contribution in [0.3, 0.4) is 0 Å². The lowest BCUT2D eigenvalue weighted by molar-refractivity contribution is 0.0945. The van der Waals surface area contributed by atoms with E-state index >= 15 is 0 Å². The SMILES string of the molecule is CCCCNC(=O)c1c(Cl)cccc1Cl.CCCNC(=O)c1c(Cl)cccc1Cl. The molecule has 0 spiro atoms. The van der Waals surface area contributed by atoms with Gasteiger partial charge in [-0.15, -0.1) is 0 Å². The lowest BCUT2D eigenvalue weighted by Crippen LogP contribution is -2.24. The molecular weight excluding hydrogens is 454 g/mol. The molecule has 0 atom stereocenters. The molecular formula is C21H24Cl4N2O2. The third-order valence-electron chi connectivity index (χ3n) is 3.73. The zero-order valence-electron chi connectivity index (χ0n) is 16.3. The van der Waals surface area contributed by atoms with Crippen LogP contribution in [0.2, 0.25) is 20.1 Å². The zero-order chi connectivity index (χ0) is 21.8. The van der Waals surface area contributed by atoms with Gasteiger partial charge in [-0.3, -0.25) is 9.59 Å². The minimum atomic E-state index is -0.220. The third-order valence-corrected chi connectivity index (χ3v) is 4.99. The third kappa shape index (κ3) is 8.43. The predicted octanol–water partition coefficient (Wildman–Crippen LogP) is 6.66. The van der Waals surface area contributed by atoms with E-state index < -0.39 is 0 Å². The van der Waals surface area contributed by atoms with Crippen molar-refractivity contribution in [3.05, 3.63) is 67.6 Å². The van der Waals surface area contributed by atoms with Crippen LogP contribution in [0.25, 0.3) is 0 Å². The quantitative estimate of drug-likeness (QED) is 0.438. The van der Waals surface area contributed by atoms with E-state index in [-0.39, 0.29) is 11.8 Å². The van der Waals surface area contributed by atoms with E-state index in [4.69, 9.17) is 46.4 Å². The number of carbonyl (C=O) groups is 2. The minimum absolute atomic E-state index is 0.209. The standard InChI is InChI=1S/C11H13Cl2NO.C10H11Cl2NO/c1-2-3-7-14-11(15)10-8(12)5-4-6-9(10)13;1-2-6-13-10(14)9-7(11)4-3-5-8(9)12/h4-6H,2-3,7H2,1H3,(H,14,15);3-5H,2,6H2,1H3,(H,13,14). The summed E-state index contributed by atoms with van der Waals surface area (Å²) in [6.45, 7) is 5.32. The Morgan fingerprint density at radius 1 is 0.690 bits per heavy atom. The summed E-state index contributed by atoms with van der Waals surface area (Å²) in [7, 11) is 0. The molecule has 4 nitrogen and oxygen atoms in total. The minimum Gasteiger partial charge on any atom is -0.352 e. The van der Waals surface area contributed by atoms with E-state index in [2.05, 4.69) is 17.6 Å². The molecule has 2 aromatic carbocycles. The van der Waals surface area contributed by atoms with Crippen LogP contribution < -0.4 is 10.6 Å². The lowest BCUT2D eigenvalue weighted by atomic mass is 10.2. The molecule has 2 N–H and O–H groups in total. The predicted molar refractivity (Wildman–Crippen MR) is 123 cm³/mol. The molecule has 0 radical (unpaired) electrons. The number of nitrogens with one attached hydrogen (secondary N) is 2. The highest BCUT2D eigenvalue weighted by molar-refractivity contribution is 6.40. The summed E-state index contributed by atoms with van der Waals surface area (Å²) in [4.78, 5) is 23.2. The van der Waals surface area contributed by atoms with Gasteiger partial charge in [-0.2, -0.15) is 0 Å². The Morgan fingerprint density at radius 3 is 1.41 bits per heavy atom. The van der Waals surface area contributed by atoms with Gasteiger partial charge in [0.15, 0.2) is 0 Å². The molecule has 0 aromatic heterocycles. The van der Waals surface area contributed by atoms with Gasteiger partial charge >= 0.3 is 0 Å². The molecule has 0 aliphatic heterocycles. The summed E-state index contributed by atoms with van der Waals surface area (Å²) in [5.41, 5.74) is 0.709. The number of rotatable bonds is 7. The molecule has 0 fully saturated rings. The molecule has 158 valence electrons. The molecule has 0 aliphatic carbocycles. The number of carbonyl (C=O) groups excluding carboxylic acids is 2. The summed E-state index contributed by atoms with van der Waals surface area (Å²) in [5.74, 6) is -0.429. The molecule has 0 saturated carbocycles. The highest BCUT2D eigenvalue weighted by Crippen LogP contribution is 2.24. The molecule has 8 heteroatoms. The fourth-order valence-corrected chi connectivity index (χ4v) is 3.36. The number of halogens is 4. The van der Waals surface area contributed by atoms with E-state index in [1.54, 1.807) is 36.4 Å². The van der Waals surface area contributed by atoms with Crippen molar-refractivity contribution >= 4 is 58.2 Å². The summed E-state index contributed by atoms with van der Waals surface area (Å²) in [6, 6.07) is 10.0. The first-order valence-electron chi connectivity index (χ1n) is 9.27. The molecule has 29 heavy (non-hydrogen) atoms. The largest absolute Gasteiger partial charge is 0.352 e. The summed E-state index contributed by atoms with van der Waals surface area (Å²) in [6.07, 6.45) is 2.87. The summed E-state index contributed by atoms with van der Waals surface area (Å²) < 4.78 is 0. The van der Waals surface area contributed by atoms with Crippen molar-refractivity contribution in [3.8, 4) is 0 Å². The van der Waals surface area contributed by atoms with Crippen molar-refractivity contribution in [2.24, 2.45) is 0 Å². The van der Waals surface area contributed by atoms with E-state index in [1.165, 1.54) is 0 Å². The van der Waals surface area contributed by atoms with Crippen molar-refractivity contribution < 1.29 is 9.59 Å². The van der Waals surface area contributed by atoms with Crippen molar-refractivity contribution in [2.45, 2.75) is 33.1 Å². The molecule has 2 amide bonds. The van der Waals surface area contributed by atoms with E-state index in [9.17, 15) is 9.59 Å². The zero-order valence-corrected chi connectivity index (χ0v) is 19.4. The van der Waals surface area contributed by atoms with Gasteiger partial charge in [-0.05, 0) is 37.1 Å². The first-order valence-corrected chi connectivity index (χ1v) is 10.8. The van der Waals surface area contributed by atoms with Crippen LogP contribution in [-0.4, -0.2) is 24.9 Å². The number of unbranched alkanes of at least 4 members (excludes halogenated alkanes) is 1. The average molecular weight is 478 g/mol. The van der Waals surface area contributed by atoms with Crippen LogP contribution >= 0.6 is 46.4 Å². The van der Waals surface area contributed by atoms with Gasteiger partial charge in [0.25, 0.3) is 11.8 Å². The second-order valence-corrected chi connectivity index (χ2v) is 7.69. The molecule has 0 heterocycles. The average Bonchev–Trinajstić information content (AvgIpc) is 2.67. The first kappa shape index (κ1) is 25.6. The number of benzene rings is 2. The lowest BCUT2D eigenvalue weighted by Gasteiger charge is -2.07. The van der Waals surface area contributed by atoms with Crippen LogP contribution in [0.4, 0.5) is 0 Å². The highest BCUT2D eigenvalue weighted by atomic mass is 35.5. The van der Waals surface area contributed by atoms with Crippen LogP contribution in [0, 0.1) is 0 Å². The maximum atomic E-state index is 11.7. The van der Waals surface area contributed by atoms with Crippen molar-refractivity contribution in [1.82, 2.24) is 10.6 Å². The maximum Gasteiger partial charge on any atom is 0.254 e. The van der Waals surface area contributed by atoms with E-state index in [0.29, 0.717) is 44.3 Å². The van der Waals surface area contributed by atoms with Gasteiger partial charge in [0.2, 0.25) is 0 Å². The van der Waals surface area contributed by atoms with Gasteiger partial charge in [0.1, 0.15) is 0 Å². The van der Waals surface area contributed by atoms with Crippen molar-refractivity contribution in [3.63, 3.8) is 0 Å². The van der Waals surface area contributed by atoms with Crippen LogP contribution in [0.15, 0.2) is 36.4 Å². The van der Waals surface area contributed by atoms with Gasteiger partial charge in [0.05, 0.1) is 31.2 Å². The highest BCUT2D eigenvalue weighted by Gasteiger charge is 2.14. The molecule has 0 bridgehead atoms. The fraction of sp³-hybridized carbons (Fsp3) is 0.333. The van der Waals surface area contributed by atoms with Gasteiger partial charge < -0.3 is 10.6 Å². The van der Waals surface area contributed by atoms with Crippen molar-refractivity contribution in [1.29, 1.82) is 0 Å². The molecule has 2 aromatic rings. The molecule has 0 saturated heterocycles. The maximum absolute atomic E-state index is 11.7. The fourth-order valence-electron chi connectivity index (χ4n) is 2.22. The van der Waals surface area contributed by atoms with Crippen molar-refractivity contribution in [2.75, 3.05) is 13.1 Å². The van der Waals surface area contributed by atoms with E-state index in [1.807, 2.05) is 6.92 Å². The second kappa shape index (κ2) is 13.7. The van der Waals surface area contributed by atoms with Gasteiger partial charge in [0, 0.05) is 13.1 Å². The van der Waals surface area contributed by atoms with Crippen LogP contribution in [-0.2, 0) is 0 Å². The molecule has 2 rings (SSSR count). The Bertz CT molecular complexity index is 788. The Kier molecular flexibility index (Phi) is 12.1. The monoisotopic (exact) mass is 476 g/mol. The number of amides is 2. The Balaban J connectivity index is 0.000000291. The second-order valence-electron chi connectivity index (χ2n) is 6.06. The number of hydrogen-bond acceptors (Lipinski definition) is 2.